The molecule has 0 aliphatic carbocycles. The summed E-state index contributed by atoms with van der Waals surface area (Å²) in [4.78, 5) is 4.11. The second kappa shape index (κ2) is 5.46. The molecule has 0 aliphatic heterocycles. The number of rotatable bonds is 6. The zero-order valence-corrected chi connectivity index (χ0v) is 10.5. The van der Waals surface area contributed by atoms with Gasteiger partial charge in [-0.15, -0.1) is 0 Å². The number of nitrogens with zero attached hydrogens (tertiary/aromatic N) is 2. The fraction of sp³-hybridized carbons (Fsp3) is 0.750. The van der Waals surface area contributed by atoms with Crippen molar-refractivity contribution in [2.24, 2.45) is 11.1 Å². The highest BCUT2D eigenvalue weighted by Crippen LogP contribution is 2.35. The molecule has 2 unspecified atom stereocenters. The quantitative estimate of drug-likeness (QED) is 0.774. The predicted molar refractivity (Wildman–Crippen MR) is 64.9 cm³/mol. The minimum Gasteiger partial charge on any atom is -0.386 e. The fourth-order valence-electron chi connectivity index (χ4n) is 1.79. The first-order chi connectivity index (χ1) is 7.59. The number of aryl methyl sites for hydroxylation is 1. The Morgan fingerprint density at radius 3 is 2.75 bits per heavy atom. The van der Waals surface area contributed by atoms with Crippen LogP contribution in [-0.4, -0.2) is 21.2 Å². The van der Waals surface area contributed by atoms with Gasteiger partial charge < -0.3 is 15.4 Å². The number of aliphatic hydroxyl groups is 1. The van der Waals surface area contributed by atoms with Crippen molar-refractivity contribution in [2.45, 2.75) is 46.3 Å². The van der Waals surface area contributed by atoms with Crippen molar-refractivity contribution in [3.05, 3.63) is 18.2 Å². The van der Waals surface area contributed by atoms with Crippen LogP contribution < -0.4 is 5.73 Å². The summed E-state index contributed by atoms with van der Waals surface area (Å²) >= 11 is 0. The molecule has 1 aromatic heterocycles. The van der Waals surface area contributed by atoms with Gasteiger partial charge in [-0.2, -0.15) is 0 Å². The molecule has 0 radical (unpaired) electrons. The maximum atomic E-state index is 10.4. The summed E-state index contributed by atoms with van der Waals surface area (Å²) in [6.45, 7) is 7.54. The van der Waals surface area contributed by atoms with E-state index in [9.17, 15) is 5.11 Å². The van der Waals surface area contributed by atoms with Crippen molar-refractivity contribution < 1.29 is 5.11 Å². The largest absolute Gasteiger partial charge is 0.386 e. The van der Waals surface area contributed by atoms with Crippen LogP contribution in [0.4, 0.5) is 0 Å². The SMILES string of the molecule is CCCn1cncc1C(O)C(C)(CC)CN. The summed E-state index contributed by atoms with van der Waals surface area (Å²) in [6, 6.07) is 0. The minimum absolute atomic E-state index is 0.272. The van der Waals surface area contributed by atoms with E-state index in [0.717, 1.165) is 25.1 Å². The molecule has 0 saturated carbocycles. The van der Waals surface area contributed by atoms with Gasteiger partial charge in [0.25, 0.3) is 0 Å². The molecule has 1 rings (SSSR count). The summed E-state index contributed by atoms with van der Waals surface area (Å²) < 4.78 is 2.01. The third kappa shape index (κ3) is 2.44. The zero-order valence-electron chi connectivity index (χ0n) is 10.5. The molecular weight excluding hydrogens is 202 g/mol. The van der Waals surface area contributed by atoms with Crippen LogP contribution >= 0.6 is 0 Å². The third-order valence-electron chi connectivity index (χ3n) is 3.42. The summed E-state index contributed by atoms with van der Waals surface area (Å²) in [7, 11) is 0. The van der Waals surface area contributed by atoms with Crippen LogP contribution in [0.1, 0.15) is 45.4 Å². The average Bonchev–Trinajstić information content (AvgIpc) is 2.75. The van der Waals surface area contributed by atoms with Gasteiger partial charge in [0.1, 0.15) is 6.10 Å². The molecule has 0 fully saturated rings. The summed E-state index contributed by atoms with van der Waals surface area (Å²) in [5, 5.41) is 10.4. The smallest absolute Gasteiger partial charge is 0.102 e. The van der Waals surface area contributed by atoms with Gasteiger partial charge in [0.2, 0.25) is 0 Å². The number of hydrogen-bond donors (Lipinski definition) is 2. The lowest BCUT2D eigenvalue weighted by Gasteiger charge is -2.32. The molecule has 92 valence electrons. The molecule has 3 N–H and O–H groups in total. The van der Waals surface area contributed by atoms with Gasteiger partial charge in [0.05, 0.1) is 18.2 Å². The summed E-state index contributed by atoms with van der Waals surface area (Å²) in [5.74, 6) is 0. The maximum Gasteiger partial charge on any atom is 0.102 e. The Balaban J connectivity index is 2.94. The standard InChI is InChI=1S/C12H23N3O/c1-4-6-15-9-14-7-10(15)11(16)12(3,5-2)8-13/h7,9,11,16H,4-6,8,13H2,1-3H3. The molecule has 0 saturated heterocycles. The monoisotopic (exact) mass is 225 g/mol. The molecule has 0 amide bonds. The van der Waals surface area contributed by atoms with E-state index in [0.29, 0.717) is 6.54 Å². The van der Waals surface area contributed by atoms with Crippen LogP contribution in [0.5, 0.6) is 0 Å². The van der Waals surface area contributed by atoms with Crippen molar-refractivity contribution in [3.8, 4) is 0 Å². The van der Waals surface area contributed by atoms with E-state index in [1.165, 1.54) is 0 Å². The molecule has 16 heavy (non-hydrogen) atoms. The highest BCUT2D eigenvalue weighted by molar-refractivity contribution is 5.07. The second-order valence-electron chi connectivity index (χ2n) is 4.63. The van der Waals surface area contributed by atoms with Crippen molar-refractivity contribution in [3.63, 3.8) is 0 Å². The highest BCUT2D eigenvalue weighted by atomic mass is 16.3. The molecule has 0 bridgehead atoms. The van der Waals surface area contributed by atoms with E-state index in [1.807, 2.05) is 11.5 Å². The Morgan fingerprint density at radius 2 is 2.25 bits per heavy atom. The number of imidazole rings is 1. The lowest BCUT2D eigenvalue weighted by atomic mass is 9.80. The normalized spacial score (nSPS) is 17.1. The van der Waals surface area contributed by atoms with E-state index < -0.39 is 6.10 Å². The van der Waals surface area contributed by atoms with Gasteiger partial charge in [0, 0.05) is 18.5 Å². The van der Waals surface area contributed by atoms with E-state index in [1.54, 1.807) is 12.5 Å². The van der Waals surface area contributed by atoms with Crippen molar-refractivity contribution in [1.29, 1.82) is 0 Å². The Morgan fingerprint density at radius 1 is 1.56 bits per heavy atom. The topological polar surface area (TPSA) is 64.1 Å². The van der Waals surface area contributed by atoms with E-state index in [4.69, 9.17) is 5.73 Å². The Bertz CT molecular complexity index is 318. The molecule has 0 aromatic carbocycles. The summed E-state index contributed by atoms with van der Waals surface area (Å²) in [5.41, 5.74) is 6.36. The number of nitrogens with two attached hydrogens (primary N) is 1. The fourth-order valence-corrected chi connectivity index (χ4v) is 1.79. The van der Waals surface area contributed by atoms with E-state index >= 15 is 0 Å². The van der Waals surface area contributed by atoms with E-state index in [-0.39, 0.29) is 5.41 Å². The minimum atomic E-state index is -0.545. The van der Waals surface area contributed by atoms with Gasteiger partial charge in [-0.1, -0.05) is 20.8 Å². The van der Waals surface area contributed by atoms with Crippen molar-refractivity contribution in [2.75, 3.05) is 6.54 Å². The molecule has 1 heterocycles. The van der Waals surface area contributed by atoms with Crippen LogP contribution in [0, 0.1) is 5.41 Å². The van der Waals surface area contributed by atoms with Gasteiger partial charge in [0.15, 0.2) is 0 Å². The van der Waals surface area contributed by atoms with Crippen molar-refractivity contribution >= 4 is 0 Å². The van der Waals surface area contributed by atoms with Crippen LogP contribution in [0.2, 0.25) is 0 Å². The first-order valence-corrected chi connectivity index (χ1v) is 5.97. The maximum absolute atomic E-state index is 10.4. The number of aromatic nitrogens is 2. The molecule has 2 atom stereocenters. The van der Waals surface area contributed by atoms with Crippen LogP contribution in [0.15, 0.2) is 12.5 Å². The number of hydrogen-bond acceptors (Lipinski definition) is 3. The average molecular weight is 225 g/mol. The van der Waals surface area contributed by atoms with Crippen molar-refractivity contribution in [1.82, 2.24) is 9.55 Å². The van der Waals surface area contributed by atoms with Crippen LogP contribution in [0.3, 0.4) is 0 Å². The lowest BCUT2D eigenvalue weighted by Crippen LogP contribution is -2.34. The highest BCUT2D eigenvalue weighted by Gasteiger charge is 2.32. The summed E-state index contributed by atoms with van der Waals surface area (Å²) in [6.07, 6.45) is 4.85. The lowest BCUT2D eigenvalue weighted by molar-refractivity contribution is 0.0328. The Hall–Kier alpha value is -0.870. The van der Waals surface area contributed by atoms with Gasteiger partial charge in [-0.25, -0.2) is 4.98 Å². The zero-order chi connectivity index (χ0) is 12.2. The van der Waals surface area contributed by atoms with Gasteiger partial charge in [-0.3, -0.25) is 0 Å². The predicted octanol–water partition coefficient (Wildman–Crippen LogP) is 1.70. The Labute approximate surface area is 97.5 Å². The molecule has 1 aromatic rings. The van der Waals surface area contributed by atoms with Gasteiger partial charge in [-0.05, 0) is 12.8 Å². The molecule has 0 aliphatic rings. The first-order valence-electron chi connectivity index (χ1n) is 5.97. The molecule has 4 heteroatoms. The Kier molecular flexibility index (Phi) is 4.50. The molecule has 0 spiro atoms. The van der Waals surface area contributed by atoms with Crippen LogP contribution in [-0.2, 0) is 6.54 Å². The first kappa shape index (κ1) is 13.2. The van der Waals surface area contributed by atoms with E-state index in [2.05, 4.69) is 18.8 Å². The number of aliphatic hydroxyl groups excluding tert-OH is 1. The third-order valence-corrected chi connectivity index (χ3v) is 3.42. The second-order valence-corrected chi connectivity index (χ2v) is 4.63. The molecule has 4 nitrogen and oxygen atoms in total. The van der Waals surface area contributed by atoms with Gasteiger partial charge >= 0.3 is 0 Å². The van der Waals surface area contributed by atoms with Crippen LogP contribution in [0.25, 0.3) is 0 Å². The molecular formula is C12H23N3O.